The van der Waals surface area contributed by atoms with Gasteiger partial charge < -0.3 is 20.1 Å². The van der Waals surface area contributed by atoms with Gasteiger partial charge in [0.25, 0.3) is 0 Å². The SMILES string of the molecule is CN=C(Nc1ccc(Cl)cc1)C1CN(c2ccc(Cl)cc2)C(c2ccc(O)cc2OC)=N1. The number of methoxy groups -OCH3 is 1. The quantitative estimate of drug-likeness (QED) is 0.384. The highest BCUT2D eigenvalue weighted by Crippen LogP contribution is 2.31. The van der Waals surface area contributed by atoms with Gasteiger partial charge in [0.2, 0.25) is 0 Å². The number of rotatable bonds is 5. The summed E-state index contributed by atoms with van der Waals surface area (Å²) in [4.78, 5) is 11.5. The normalized spacial score (nSPS) is 16.1. The fourth-order valence-electron chi connectivity index (χ4n) is 3.56. The van der Waals surface area contributed by atoms with E-state index in [1.807, 2.05) is 48.5 Å². The van der Waals surface area contributed by atoms with E-state index >= 15 is 0 Å². The smallest absolute Gasteiger partial charge is 0.140 e. The van der Waals surface area contributed by atoms with Crippen LogP contribution in [0.1, 0.15) is 5.56 Å². The van der Waals surface area contributed by atoms with Crippen molar-refractivity contribution >= 4 is 46.2 Å². The molecule has 1 aliphatic heterocycles. The van der Waals surface area contributed by atoms with Gasteiger partial charge in [-0.25, -0.2) is 0 Å². The van der Waals surface area contributed by atoms with Gasteiger partial charge >= 0.3 is 0 Å². The minimum Gasteiger partial charge on any atom is -0.508 e. The summed E-state index contributed by atoms with van der Waals surface area (Å²) in [6.45, 7) is 0.564. The summed E-state index contributed by atoms with van der Waals surface area (Å²) in [5, 5.41) is 14.6. The number of benzene rings is 3. The lowest BCUT2D eigenvalue weighted by Crippen LogP contribution is -2.34. The Morgan fingerprint density at radius 3 is 2.34 bits per heavy atom. The Morgan fingerprint density at radius 2 is 1.72 bits per heavy atom. The van der Waals surface area contributed by atoms with Crippen LogP contribution in [0.15, 0.2) is 76.7 Å². The molecule has 8 heteroatoms. The molecule has 0 aliphatic carbocycles. The molecule has 1 unspecified atom stereocenters. The van der Waals surface area contributed by atoms with Crippen LogP contribution in [-0.4, -0.2) is 43.5 Å². The highest BCUT2D eigenvalue weighted by Gasteiger charge is 2.32. The topological polar surface area (TPSA) is 69.5 Å². The van der Waals surface area contributed by atoms with E-state index in [1.54, 1.807) is 32.4 Å². The third-order valence-corrected chi connectivity index (χ3v) is 5.63. The van der Waals surface area contributed by atoms with Gasteiger partial charge in [0.15, 0.2) is 0 Å². The maximum absolute atomic E-state index is 9.90. The first-order valence-corrected chi connectivity index (χ1v) is 10.7. The van der Waals surface area contributed by atoms with Gasteiger partial charge in [-0.3, -0.25) is 9.98 Å². The van der Waals surface area contributed by atoms with Crippen molar-refractivity contribution in [2.24, 2.45) is 9.98 Å². The zero-order valence-corrected chi connectivity index (χ0v) is 19.1. The number of aromatic hydroxyl groups is 1. The summed E-state index contributed by atoms with van der Waals surface area (Å²) < 4.78 is 5.52. The van der Waals surface area contributed by atoms with Crippen LogP contribution in [0.2, 0.25) is 10.0 Å². The van der Waals surface area contributed by atoms with Gasteiger partial charge in [0, 0.05) is 34.5 Å². The van der Waals surface area contributed by atoms with Crippen LogP contribution in [0.25, 0.3) is 0 Å². The van der Waals surface area contributed by atoms with Crippen molar-refractivity contribution in [3.05, 3.63) is 82.3 Å². The molecule has 32 heavy (non-hydrogen) atoms. The molecule has 0 saturated carbocycles. The van der Waals surface area contributed by atoms with Crippen molar-refractivity contribution in [2.75, 3.05) is 30.9 Å². The van der Waals surface area contributed by atoms with Crippen molar-refractivity contribution < 1.29 is 9.84 Å². The predicted octanol–water partition coefficient (Wildman–Crippen LogP) is 5.48. The van der Waals surface area contributed by atoms with Crippen LogP contribution in [0.5, 0.6) is 11.5 Å². The Labute approximate surface area is 196 Å². The fraction of sp³-hybridized carbons (Fsp3) is 0.167. The van der Waals surface area contributed by atoms with Gasteiger partial charge in [0.1, 0.15) is 29.2 Å². The average molecular weight is 469 g/mol. The van der Waals surface area contributed by atoms with Crippen LogP contribution in [-0.2, 0) is 0 Å². The van der Waals surface area contributed by atoms with Gasteiger partial charge in [0.05, 0.1) is 19.2 Å². The van der Waals surface area contributed by atoms with Crippen molar-refractivity contribution in [3.63, 3.8) is 0 Å². The van der Waals surface area contributed by atoms with E-state index in [-0.39, 0.29) is 11.8 Å². The standard InChI is InChI=1S/C24H22Cl2N4O2/c1-27-23(28-17-7-3-15(25)4-8-17)21-14-30(18-9-5-16(26)6-10-18)24(29-21)20-12-11-19(31)13-22(20)32-2/h3-13,21,31H,14H2,1-2H3,(H,27,28). The molecular weight excluding hydrogens is 447 g/mol. The first-order chi connectivity index (χ1) is 15.5. The van der Waals surface area contributed by atoms with Crippen molar-refractivity contribution in [3.8, 4) is 11.5 Å². The molecule has 3 aromatic carbocycles. The second-order valence-electron chi connectivity index (χ2n) is 7.18. The monoisotopic (exact) mass is 468 g/mol. The summed E-state index contributed by atoms with van der Waals surface area (Å²) >= 11 is 12.1. The highest BCUT2D eigenvalue weighted by molar-refractivity contribution is 6.31. The Kier molecular flexibility index (Phi) is 6.53. The molecule has 0 amide bonds. The molecule has 4 rings (SSSR count). The summed E-state index contributed by atoms with van der Waals surface area (Å²) in [5.74, 6) is 2.09. The second kappa shape index (κ2) is 9.51. The second-order valence-corrected chi connectivity index (χ2v) is 8.05. The summed E-state index contributed by atoms with van der Waals surface area (Å²) in [6, 6.07) is 19.8. The predicted molar refractivity (Wildman–Crippen MR) is 132 cm³/mol. The number of hydrogen-bond acceptors (Lipinski definition) is 5. The number of phenolic OH excluding ortho intramolecular Hbond substituents is 1. The average Bonchev–Trinajstić information content (AvgIpc) is 3.24. The number of amidine groups is 2. The maximum atomic E-state index is 9.90. The minimum atomic E-state index is -0.250. The Hall–Kier alpha value is -3.22. The van der Waals surface area contributed by atoms with Crippen LogP contribution in [0, 0.1) is 0 Å². The van der Waals surface area contributed by atoms with Crippen LogP contribution >= 0.6 is 23.2 Å². The lowest BCUT2D eigenvalue weighted by Gasteiger charge is -2.23. The number of halogens is 2. The number of nitrogens with one attached hydrogen (secondary N) is 1. The van der Waals surface area contributed by atoms with Crippen molar-refractivity contribution in [2.45, 2.75) is 6.04 Å². The number of ether oxygens (including phenoxy) is 1. The highest BCUT2D eigenvalue weighted by atomic mass is 35.5. The maximum Gasteiger partial charge on any atom is 0.140 e. The van der Waals surface area contributed by atoms with Crippen LogP contribution < -0.4 is 15.0 Å². The molecule has 0 spiro atoms. The lowest BCUT2D eigenvalue weighted by atomic mass is 10.1. The molecule has 0 aromatic heterocycles. The number of phenols is 1. The zero-order chi connectivity index (χ0) is 22.7. The zero-order valence-electron chi connectivity index (χ0n) is 17.6. The molecule has 164 valence electrons. The van der Waals surface area contributed by atoms with E-state index in [1.165, 1.54) is 0 Å². The minimum absolute atomic E-state index is 0.124. The Bertz CT molecular complexity index is 1160. The number of hydrogen-bond donors (Lipinski definition) is 2. The first-order valence-electron chi connectivity index (χ1n) is 9.96. The molecule has 0 bridgehead atoms. The molecular formula is C24H22Cl2N4O2. The molecule has 1 atom stereocenters. The summed E-state index contributed by atoms with van der Waals surface area (Å²) in [5.41, 5.74) is 2.58. The largest absolute Gasteiger partial charge is 0.508 e. The van der Waals surface area contributed by atoms with Gasteiger partial charge in [-0.2, -0.15) is 0 Å². The molecule has 6 nitrogen and oxygen atoms in total. The Balaban J connectivity index is 1.73. The third-order valence-electron chi connectivity index (χ3n) is 5.13. The first kappa shape index (κ1) is 22.0. The van der Waals surface area contributed by atoms with Gasteiger partial charge in [-0.05, 0) is 60.7 Å². The fourth-order valence-corrected chi connectivity index (χ4v) is 3.81. The molecule has 0 saturated heterocycles. The van der Waals surface area contributed by atoms with E-state index in [0.717, 1.165) is 22.8 Å². The van der Waals surface area contributed by atoms with Crippen molar-refractivity contribution in [1.82, 2.24) is 0 Å². The van der Waals surface area contributed by atoms with E-state index < -0.39 is 0 Å². The molecule has 1 heterocycles. The summed E-state index contributed by atoms with van der Waals surface area (Å²) in [6.07, 6.45) is 0. The molecule has 0 radical (unpaired) electrons. The van der Waals surface area contributed by atoms with Gasteiger partial charge in [-0.1, -0.05) is 23.2 Å². The molecule has 1 aliphatic rings. The molecule has 0 fully saturated rings. The lowest BCUT2D eigenvalue weighted by molar-refractivity contribution is 0.407. The number of anilines is 2. The van der Waals surface area contributed by atoms with Gasteiger partial charge in [-0.15, -0.1) is 0 Å². The molecule has 3 aromatic rings. The van der Waals surface area contributed by atoms with E-state index in [9.17, 15) is 5.11 Å². The summed E-state index contributed by atoms with van der Waals surface area (Å²) in [7, 11) is 3.30. The van der Waals surface area contributed by atoms with Crippen LogP contribution in [0.3, 0.4) is 0 Å². The molecule has 2 N–H and O–H groups in total. The number of aliphatic imine (C=N–C) groups is 2. The van der Waals surface area contributed by atoms with E-state index in [4.69, 9.17) is 32.9 Å². The van der Waals surface area contributed by atoms with E-state index in [0.29, 0.717) is 28.2 Å². The number of nitrogens with zero attached hydrogens (tertiary/aromatic N) is 3. The van der Waals surface area contributed by atoms with E-state index in [2.05, 4.69) is 15.2 Å². The van der Waals surface area contributed by atoms with Crippen LogP contribution in [0.4, 0.5) is 11.4 Å². The Morgan fingerprint density at radius 1 is 1.06 bits per heavy atom. The van der Waals surface area contributed by atoms with Crippen molar-refractivity contribution in [1.29, 1.82) is 0 Å². The third kappa shape index (κ3) is 4.66.